The smallest absolute Gasteiger partial charge is 0.119 e. The number of benzene rings is 1. The van der Waals surface area contributed by atoms with Crippen molar-refractivity contribution in [1.82, 2.24) is 0 Å². The molecule has 0 saturated heterocycles. The van der Waals surface area contributed by atoms with E-state index in [1.807, 2.05) is 12.1 Å². The lowest BCUT2D eigenvalue weighted by Gasteiger charge is -2.31. The number of para-hydroxylation sites is 1. The van der Waals surface area contributed by atoms with Gasteiger partial charge in [-0.2, -0.15) is 0 Å². The molecule has 1 aromatic carbocycles. The van der Waals surface area contributed by atoms with Crippen LogP contribution in [0.15, 0.2) is 24.3 Å². The minimum Gasteiger partial charge on any atom is -0.508 e. The van der Waals surface area contributed by atoms with E-state index in [4.69, 9.17) is 0 Å². The third kappa shape index (κ3) is 14.8. The molecular weight excluding hydrogens is 400 g/mol. The molecule has 0 fully saturated rings. The summed E-state index contributed by atoms with van der Waals surface area (Å²) in [4.78, 5) is 0. The first-order valence-corrected chi connectivity index (χ1v) is 14.9. The van der Waals surface area contributed by atoms with Crippen molar-refractivity contribution in [3.63, 3.8) is 0 Å². The summed E-state index contributed by atoms with van der Waals surface area (Å²) in [6, 6.07) is 8.11. The van der Waals surface area contributed by atoms with Crippen LogP contribution in [-0.4, -0.2) is 5.11 Å². The van der Waals surface area contributed by atoms with Crippen molar-refractivity contribution >= 4 is 0 Å². The van der Waals surface area contributed by atoms with Gasteiger partial charge in [-0.15, -0.1) is 0 Å². The summed E-state index contributed by atoms with van der Waals surface area (Å²) in [5.41, 5.74) is 1.29. The summed E-state index contributed by atoms with van der Waals surface area (Å²) >= 11 is 0. The van der Waals surface area contributed by atoms with Gasteiger partial charge in [0.15, 0.2) is 0 Å². The van der Waals surface area contributed by atoms with E-state index >= 15 is 0 Å². The van der Waals surface area contributed by atoms with Gasteiger partial charge in [0.1, 0.15) is 5.75 Å². The highest BCUT2D eigenvalue weighted by atomic mass is 16.3. The second-order valence-electron chi connectivity index (χ2n) is 10.9. The highest BCUT2D eigenvalue weighted by molar-refractivity contribution is 5.38. The first kappa shape index (κ1) is 30.1. The molecule has 0 aliphatic rings. The molecule has 0 radical (unpaired) electrons. The fourth-order valence-corrected chi connectivity index (χ4v) is 5.38. The van der Waals surface area contributed by atoms with Crippen molar-refractivity contribution < 1.29 is 5.11 Å². The Hall–Kier alpha value is -0.980. The summed E-state index contributed by atoms with van der Waals surface area (Å²) in [6.07, 6.45) is 30.1. The maximum absolute atomic E-state index is 10.6. The Morgan fingerprint density at radius 1 is 0.515 bits per heavy atom. The van der Waals surface area contributed by atoms with Crippen molar-refractivity contribution in [2.45, 2.75) is 167 Å². The average molecular weight is 459 g/mol. The minimum absolute atomic E-state index is 0.117. The molecule has 0 aromatic heterocycles. The average Bonchev–Trinajstić information content (AvgIpc) is 2.82. The van der Waals surface area contributed by atoms with Crippen LogP contribution in [0.5, 0.6) is 5.75 Å². The molecule has 1 aromatic rings. The van der Waals surface area contributed by atoms with E-state index in [1.165, 1.54) is 147 Å². The zero-order chi connectivity index (χ0) is 24.0. The molecule has 0 amide bonds. The maximum Gasteiger partial charge on any atom is 0.119 e. The van der Waals surface area contributed by atoms with Gasteiger partial charge < -0.3 is 5.11 Å². The first-order valence-electron chi connectivity index (χ1n) is 14.9. The second-order valence-corrected chi connectivity index (χ2v) is 10.9. The Morgan fingerprint density at radius 3 is 1.21 bits per heavy atom. The summed E-state index contributed by atoms with van der Waals surface area (Å²) in [5.74, 6) is 0.499. The molecule has 1 nitrogen and oxygen atoms in total. The molecule has 0 bridgehead atoms. The number of hydrogen-bond acceptors (Lipinski definition) is 1. The van der Waals surface area contributed by atoms with Crippen LogP contribution in [-0.2, 0) is 5.41 Å². The zero-order valence-electron chi connectivity index (χ0n) is 22.8. The number of rotatable bonds is 23. The van der Waals surface area contributed by atoms with Crippen molar-refractivity contribution in [3.05, 3.63) is 29.8 Å². The number of phenols is 1. The monoisotopic (exact) mass is 458 g/mol. The van der Waals surface area contributed by atoms with Crippen LogP contribution >= 0.6 is 0 Å². The molecule has 0 atom stereocenters. The Morgan fingerprint density at radius 2 is 0.848 bits per heavy atom. The van der Waals surface area contributed by atoms with Crippen LogP contribution in [0.4, 0.5) is 0 Å². The minimum atomic E-state index is 0.117. The number of phenolic OH excluding ortho intramolecular Hbond substituents is 1. The predicted octanol–water partition coefficient (Wildman–Crippen LogP) is 11.3. The maximum atomic E-state index is 10.6. The zero-order valence-corrected chi connectivity index (χ0v) is 22.8. The van der Waals surface area contributed by atoms with Crippen molar-refractivity contribution in [2.24, 2.45) is 0 Å². The van der Waals surface area contributed by atoms with Crippen LogP contribution in [0.2, 0.25) is 0 Å². The largest absolute Gasteiger partial charge is 0.508 e. The fraction of sp³-hybridized carbons (Fsp3) is 0.812. The summed E-state index contributed by atoms with van der Waals surface area (Å²) < 4.78 is 0. The quantitative estimate of drug-likeness (QED) is 0.162. The Kier molecular flexibility index (Phi) is 18.6. The van der Waals surface area contributed by atoms with Crippen molar-refractivity contribution in [3.8, 4) is 5.75 Å². The van der Waals surface area contributed by atoms with E-state index in [9.17, 15) is 5.11 Å². The van der Waals surface area contributed by atoms with E-state index < -0.39 is 0 Å². The van der Waals surface area contributed by atoms with E-state index in [2.05, 4.69) is 32.9 Å². The molecule has 0 unspecified atom stereocenters. The standard InChI is InChI=1S/C32H58O/c1-4-6-8-10-12-14-16-18-20-24-28-32(3,30-26-22-23-27-31(30)33)29-25-21-19-17-15-13-11-9-7-5-2/h22-23,26-27,33H,4-21,24-25,28-29H2,1-3H3. The Bertz CT molecular complexity index is 525. The van der Waals surface area contributed by atoms with Gasteiger partial charge in [-0.05, 0) is 29.9 Å². The van der Waals surface area contributed by atoms with Crippen molar-refractivity contribution in [1.29, 1.82) is 0 Å². The van der Waals surface area contributed by atoms with Gasteiger partial charge in [0.2, 0.25) is 0 Å². The van der Waals surface area contributed by atoms with E-state index in [-0.39, 0.29) is 5.41 Å². The SMILES string of the molecule is CCCCCCCCCCCCC(C)(CCCCCCCCCCCC)c1ccccc1O. The molecule has 0 saturated carbocycles. The normalized spacial score (nSPS) is 11.8. The molecule has 1 N–H and O–H groups in total. The molecular formula is C32H58O. The molecule has 192 valence electrons. The summed E-state index contributed by atoms with van der Waals surface area (Å²) in [5, 5.41) is 10.6. The molecule has 0 aliphatic carbocycles. The molecule has 0 aliphatic heterocycles. The Labute approximate surface area is 208 Å². The van der Waals surface area contributed by atoms with Crippen LogP contribution in [0, 0.1) is 0 Å². The first-order chi connectivity index (χ1) is 16.1. The van der Waals surface area contributed by atoms with Gasteiger partial charge in [-0.25, -0.2) is 0 Å². The van der Waals surface area contributed by atoms with E-state index in [1.54, 1.807) is 0 Å². The van der Waals surface area contributed by atoms with Crippen LogP contribution in [0.3, 0.4) is 0 Å². The topological polar surface area (TPSA) is 20.2 Å². The van der Waals surface area contributed by atoms with Crippen LogP contribution in [0.1, 0.15) is 168 Å². The van der Waals surface area contributed by atoms with Gasteiger partial charge in [0.25, 0.3) is 0 Å². The lowest BCUT2D eigenvalue weighted by atomic mass is 9.73. The number of aromatic hydroxyl groups is 1. The lowest BCUT2D eigenvalue weighted by Crippen LogP contribution is -2.22. The van der Waals surface area contributed by atoms with Crippen LogP contribution < -0.4 is 0 Å². The molecule has 1 rings (SSSR count). The van der Waals surface area contributed by atoms with Gasteiger partial charge in [0.05, 0.1) is 0 Å². The van der Waals surface area contributed by atoms with Crippen LogP contribution in [0.25, 0.3) is 0 Å². The lowest BCUT2D eigenvalue weighted by molar-refractivity contribution is 0.345. The van der Waals surface area contributed by atoms with E-state index in [0.29, 0.717) is 5.75 Å². The number of hydrogen-bond donors (Lipinski definition) is 1. The van der Waals surface area contributed by atoms with Gasteiger partial charge in [-0.3, -0.25) is 0 Å². The van der Waals surface area contributed by atoms with Gasteiger partial charge in [-0.1, -0.05) is 167 Å². The van der Waals surface area contributed by atoms with Crippen molar-refractivity contribution in [2.75, 3.05) is 0 Å². The highest BCUT2D eigenvalue weighted by Crippen LogP contribution is 2.39. The molecule has 33 heavy (non-hydrogen) atoms. The number of unbranched alkanes of at least 4 members (excludes halogenated alkanes) is 18. The Balaban J connectivity index is 2.29. The fourth-order valence-electron chi connectivity index (χ4n) is 5.38. The second kappa shape index (κ2) is 20.4. The summed E-state index contributed by atoms with van der Waals surface area (Å²) in [6.45, 7) is 6.99. The van der Waals surface area contributed by atoms with E-state index in [0.717, 1.165) is 0 Å². The third-order valence-corrected chi connectivity index (χ3v) is 7.72. The van der Waals surface area contributed by atoms with Gasteiger partial charge in [0, 0.05) is 0 Å². The molecule has 0 heterocycles. The predicted molar refractivity (Wildman–Crippen MR) is 148 cm³/mol. The van der Waals surface area contributed by atoms with Gasteiger partial charge >= 0.3 is 0 Å². The third-order valence-electron chi connectivity index (χ3n) is 7.72. The molecule has 0 spiro atoms. The summed E-state index contributed by atoms with van der Waals surface area (Å²) in [7, 11) is 0. The highest BCUT2D eigenvalue weighted by Gasteiger charge is 2.28. The molecule has 1 heteroatoms.